The van der Waals surface area contributed by atoms with Crippen LogP contribution in [0.4, 0.5) is 5.69 Å². The normalized spacial score (nSPS) is 23.0. The van der Waals surface area contributed by atoms with Gasteiger partial charge >= 0.3 is 5.97 Å². The highest BCUT2D eigenvalue weighted by molar-refractivity contribution is 5.92. The number of nitrogens with zero attached hydrogens (tertiary/aromatic N) is 3. The fourth-order valence-electron chi connectivity index (χ4n) is 4.04. The van der Waals surface area contributed by atoms with E-state index in [1.807, 2.05) is 30.0 Å². The van der Waals surface area contributed by atoms with Crippen molar-refractivity contribution in [2.75, 3.05) is 31.1 Å². The molecule has 2 aromatic rings. The van der Waals surface area contributed by atoms with E-state index in [2.05, 4.69) is 22.0 Å². The molecule has 26 heavy (non-hydrogen) atoms. The van der Waals surface area contributed by atoms with Gasteiger partial charge in [0.15, 0.2) is 0 Å². The second-order valence-corrected chi connectivity index (χ2v) is 7.24. The molecule has 136 valence electrons. The van der Waals surface area contributed by atoms with Gasteiger partial charge in [-0.15, -0.1) is 0 Å². The monoisotopic (exact) mass is 353 g/mol. The van der Waals surface area contributed by atoms with Crippen molar-refractivity contribution >= 4 is 28.5 Å². The van der Waals surface area contributed by atoms with E-state index >= 15 is 0 Å². The van der Waals surface area contributed by atoms with Gasteiger partial charge < -0.3 is 14.9 Å². The zero-order chi connectivity index (χ0) is 18.3. The fourth-order valence-corrected chi connectivity index (χ4v) is 4.04. The summed E-state index contributed by atoms with van der Waals surface area (Å²) in [6.45, 7) is 4.78. The van der Waals surface area contributed by atoms with Crippen molar-refractivity contribution in [1.29, 1.82) is 0 Å². The van der Waals surface area contributed by atoms with Gasteiger partial charge in [0.1, 0.15) is 0 Å². The molecule has 4 rings (SSSR count). The number of pyridine rings is 1. The molecule has 1 saturated heterocycles. The van der Waals surface area contributed by atoms with Crippen LogP contribution < -0.4 is 4.90 Å². The number of aromatic nitrogens is 1. The smallest absolute Gasteiger partial charge is 0.307 e. The summed E-state index contributed by atoms with van der Waals surface area (Å²) >= 11 is 0. The molecular formula is C20H23N3O3. The van der Waals surface area contributed by atoms with Crippen molar-refractivity contribution < 1.29 is 14.7 Å². The van der Waals surface area contributed by atoms with Crippen LogP contribution in [-0.2, 0) is 9.59 Å². The number of carboxylic acids is 1. The average Bonchev–Trinajstić information content (AvgIpc) is 2.59. The number of fused-ring (bicyclic) bond motifs is 1. The SMILES string of the molecule is Cc1cc(N2CCN(C(=O)C3CCC3C(=O)O)CC2)c2ccccc2n1. The van der Waals surface area contributed by atoms with Crippen LogP contribution in [0.2, 0.25) is 0 Å². The van der Waals surface area contributed by atoms with Gasteiger partial charge in [-0.3, -0.25) is 14.6 Å². The van der Waals surface area contributed by atoms with E-state index < -0.39 is 11.9 Å². The molecule has 0 bridgehead atoms. The summed E-state index contributed by atoms with van der Waals surface area (Å²) in [5, 5.41) is 10.3. The van der Waals surface area contributed by atoms with E-state index in [4.69, 9.17) is 0 Å². The summed E-state index contributed by atoms with van der Waals surface area (Å²) in [6, 6.07) is 10.2. The Bertz CT molecular complexity index is 859. The number of anilines is 1. The van der Waals surface area contributed by atoms with Crippen molar-refractivity contribution in [1.82, 2.24) is 9.88 Å². The number of carboxylic acid groups (broad SMARTS) is 1. The number of carbonyl (C=O) groups excluding carboxylic acids is 1. The van der Waals surface area contributed by atoms with Crippen LogP contribution >= 0.6 is 0 Å². The highest BCUT2D eigenvalue weighted by Gasteiger charge is 2.43. The largest absolute Gasteiger partial charge is 0.481 e. The molecule has 2 atom stereocenters. The molecule has 0 radical (unpaired) electrons. The number of piperazine rings is 1. The van der Waals surface area contributed by atoms with Gasteiger partial charge in [0, 0.05) is 42.9 Å². The molecule has 0 spiro atoms. The molecule has 1 N–H and O–H groups in total. The molecule has 6 nitrogen and oxygen atoms in total. The predicted molar refractivity (Wildman–Crippen MR) is 99.1 cm³/mol. The number of hydrogen-bond acceptors (Lipinski definition) is 4. The van der Waals surface area contributed by atoms with Crippen molar-refractivity contribution in [2.45, 2.75) is 19.8 Å². The van der Waals surface area contributed by atoms with E-state index in [9.17, 15) is 14.7 Å². The molecule has 1 aliphatic heterocycles. The molecule has 1 aliphatic carbocycles. The molecule has 2 aliphatic rings. The second-order valence-electron chi connectivity index (χ2n) is 7.24. The Morgan fingerprint density at radius 2 is 1.77 bits per heavy atom. The van der Waals surface area contributed by atoms with Crippen molar-refractivity contribution in [2.24, 2.45) is 11.8 Å². The minimum atomic E-state index is -0.841. The van der Waals surface area contributed by atoms with Crippen LogP contribution in [0, 0.1) is 18.8 Å². The lowest BCUT2D eigenvalue weighted by molar-refractivity contribution is -0.156. The third kappa shape index (κ3) is 2.89. The molecule has 1 aromatic carbocycles. The van der Waals surface area contributed by atoms with Crippen LogP contribution in [-0.4, -0.2) is 53.0 Å². The summed E-state index contributed by atoms with van der Waals surface area (Å²) in [5.41, 5.74) is 3.13. The fraction of sp³-hybridized carbons (Fsp3) is 0.450. The lowest BCUT2D eigenvalue weighted by atomic mass is 9.73. The topological polar surface area (TPSA) is 73.7 Å². The summed E-state index contributed by atoms with van der Waals surface area (Å²) in [6.07, 6.45) is 1.32. The Kier molecular flexibility index (Phi) is 4.26. The molecule has 1 amide bonds. The van der Waals surface area contributed by atoms with Gasteiger partial charge in [-0.1, -0.05) is 18.2 Å². The van der Waals surface area contributed by atoms with Crippen LogP contribution in [0.5, 0.6) is 0 Å². The summed E-state index contributed by atoms with van der Waals surface area (Å²) in [5.74, 6) is -1.65. The quantitative estimate of drug-likeness (QED) is 0.917. The molecular weight excluding hydrogens is 330 g/mol. The lowest BCUT2D eigenvalue weighted by Gasteiger charge is -2.41. The van der Waals surface area contributed by atoms with Crippen LogP contribution in [0.15, 0.2) is 30.3 Å². The van der Waals surface area contributed by atoms with Crippen molar-refractivity contribution in [3.05, 3.63) is 36.0 Å². The van der Waals surface area contributed by atoms with Crippen molar-refractivity contribution in [3.63, 3.8) is 0 Å². The molecule has 2 heterocycles. The number of aliphatic carboxylic acids is 1. The van der Waals surface area contributed by atoms with Gasteiger partial charge in [-0.25, -0.2) is 0 Å². The van der Waals surface area contributed by atoms with Crippen LogP contribution in [0.3, 0.4) is 0 Å². The van der Waals surface area contributed by atoms with Gasteiger partial charge in [-0.05, 0) is 31.9 Å². The zero-order valence-corrected chi connectivity index (χ0v) is 14.9. The maximum Gasteiger partial charge on any atom is 0.307 e. The third-order valence-electron chi connectivity index (χ3n) is 5.66. The Hall–Kier alpha value is -2.63. The Balaban J connectivity index is 1.48. The van der Waals surface area contributed by atoms with Gasteiger partial charge in [0.25, 0.3) is 0 Å². The molecule has 2 unspecified atom stereocenters. The highest BCUT2D eigenvalue weighted by Crippen LogP contribution is 2.36. The predicted octanol–water partition coefficient (Wildman–Crippen LogP) is 2.30. The van der Waals surface area contributed by atoms with E-state index in [-0.39, 0.29) is 11.8 Å². The van der Waals surface area contributed by atoms with E-state index in [0.29, 0.717) is 25.9 Å². The molecule has 6 heteroatoms. The summed E-state index contributed by atoms with van der Waals surface area (Å²) in [4.78, 5) is 32.6. The van der Waals surface area contributed by atoms with Crippen LogP contribution in [0.25, 0.3) is 10.9 Å². The first-order chi connectivity index (χ1) is 12.5. The van der Waals surface area contributed by atoms with Gasteiger partial charge in [-0.2, -0.15) is 0 Å². The van der Waals surface area contributed by atoms with E-state index in [1.54, 1.807) is 0 Å². The Morgan fingerprint density at radius 3 is 2.42 bits per heavy atom. The lowest BCUT2D eigenvalue weighted by Crippen LogP contribution is -2.53. The molecule has 2 fully saturated rings. The third-order valence-corrected chi connectivity index (χ3v) is 5.66. The number of benzene rings is 1. The summed E-state index contributed by atoms with van der Waals surface area (Å²) < 4.78 is 0. The highest BCUT2D eigenvalue weighted by atomic mass is 16.4. The second kappa shape index (κ2) is 6.59. The minimum Gasteiger partial charge on any atom is -0.481 e. The molecule has 1 saturated carbocycles. The first kappa shape index (κ1) is 16.8. The maximum atomic E-state index is 12.6. The number of aryl methyl sites for hydroxylation is 1. The average molecular weight is 353 g/mol. The number of amides is 1. The minimum absolute atomic E-state index is 0.0130. The maximum absolute atomic E-state index is 12.6. The molecule has 1 aromatic heterocycles. The zero-order valence-electron chi connectivity index (χ0n) is 14.9. The van der Waals surface area contributed by atoms with Gasteiger partial charge in [0.2, 0.25) is 5.91 Å². The van der Waals surface area contributed by atoms with Crippen molar-refractivity contribution in [3.8, 4) is 0 Å². The number of carbonyl (C=O) groups is 2. The number of hydrogen-bond donors (Lipinski definition) is 1. The Labute approximate surface area is 152 Å². The first-order valence-electron chi connectivity index (χ1n) is 9.17. The van der Waals surface area contributed by atoms with Crippen LogP contribution in [0.1, 0.15) is 18.5 Å². The van der Waals surface area contributed by atoms with E-state index in [1.165, 1.54) is 0 Å². The van der Waals surface area contributed by atoms with Gasteiger partial charge in [0.05, 0.1) is 17.4 Å². The standard InChI is InChI=1S/C20H23N3O3/c1-13-12-18(16-4-2-3-5-17(16)21-13)22-8-10-23(11-9-22)19(24)14-6-7-15(14)20(25)26/h2-5,12,14-15H,6-11H2,1H3,(H,25,26). The van der Waals surface area contributed by atoms with E-state index in [0.717, 1.165) is 35.4 Å². The first-order valence-corrected chi connectivity index (χ1v) is 9.17. The Morgan fingerprint density at radius 1 is 1.08 bits per heavy atom. The number of para-hydroxylation sites is 1. The number of rotatable bonds is 3. The summed E-state index contributed by atoms with van der Waals surface area (Å²) in [7, 11) is 0.